The zero-order valence-electron chi connectivity index (χ0n) is 10.1. The van der Waals surface area contributed by atoms with E-state index in [1.54, 1.807) is 12.1 Å². The van der Waals surface area contributed by atoms with Crippen molar-refractivity contribution in [2.24, 2.45) is 0 Å². The summed E-state index contributed by atoms with van der Waals surface area (Å²) in [6.07, 6.45) is 1.43. The molecule has 1 heterocycles. The molecule has 0 aliphatic rings. The third-order valence-electron chi connectivity index (χ3n) is 2.31. The van der Waals surface area contributed by atoms with Gasteiger partial charge in [-0.25, -0.2) is 9.78 Å². The topological polar surface area (TPSA) is 74.4 Å². The Morgan fingerprint density at radius 3 is 2.63 bits per heavy atom. The minimum absolute atomic E-state index is 0.169. The van der Waals surface area contributed by atoms with Crippen molar-refractivity contribution in [3.05, 3.63) is 45.7 Å². The lowest BCUT2D eigenvalue weighted by Gasteiger charge is -2.09. The molecule has 0 saturated heterocycles. The minimum atomic E-state index is -0.541. The molecule has 0 fully saturated rings. The highest BCUT2D eigenvalue weighted by Crippen LogP contribution is 2.25. The smallest absolute Gasteiger partial charge is 0.343 e. The number of anilines is 1. The summed E-state index contributed by atoms with van der Waals surface area (Å²) in [4.78, 5) is 15.6. The normalized spacial score (nSPS) is 10.0. The molecular formula is C13H11IN2O3. The first-order valence-corrected chi connectivity index (χ1v) is 6.45. The number of rotatable bonds is 3. The molecule has 0 spiro atoms. The molecule has 0 saturated carbocycles. The number of carbonyl (C=O) groups excluding carboxylic acids is 1. The van der Waals surface area contributed by atoms with Crippen LogP contribution in [-0.2, 0) is 4.74 Å². The molecule has 0 radical (unpaired) electrons. The van der Waals surface area contributed by atoms with E-state index in [-0.39, 0.29) is 11.4 Å². The third kappa shape index (κ3) is 3.34. The first-order chi connectivity index (χ1) is 9.10. The Bertz CT molecular complexity index is 599. The number of benzene rings is 1. The number of nitrogens with two attached hydrogens (primary N) is 1. The quantitative estimate of drug-likeness (QED) is 0.665. The summed E-state index contributed by atoms with van der Waals surface area (Å²) in [5.74, 6) is 0.213. The van der Waals surface area contributed by atoms with E-state index in [2.05, 4.69) is 32.3 Å². The Balaban J connectivity index is 2.34. The molecule has 0 unspecified atom stereocenters. The lowest BCUT2D eigenvalue weighted by molar-refractivity contribution is 0.0597. The van der Waals surface area contributed by atoms with Crippen LogP contribution in [0.3, 0.4) is 0 Å². The van der Waals surface area contributed by atoms with Crippen LogP contribution in [0.5, 0.6) is 11.6 Å². The van der Waals surface area contributed by atoms with Gasteiger partial charge in [-0.15, -0.1) is 0 Å². The van der Waals surface area contributed by atoms with E-state index in [0.29, 0.717) is 11.4 Å². The third-order valence-corrected chi connectivity index (χ3v) is 3.02. The standard InChI is InChI=1S/C13H11IN2O3/c1-18-13(17)11-6-9(15)7-16-12(11)19-10-4-2-8(14)3-5-10/h2-7H,15H2,1H3. The number of methoxy groups -OCH3 is 1. The van der Waals surface area contributed by atoms with Gasteiger partial charge >= 0.3 is 5.97 Å². The van der Waals surface area contributed by atoms with Crippen molar-refractivity contribution in [2.75, 3.05) is 12.8 Å². The molecule has 1 aromatic heterocycles. The average molecular weight is 370 g/mol. The van der Waals surface area contributed by atoms with Gasteiger partial charge in [0.1, 0.15) is 11.3 Å². The van der Waals surface area contributed by atoms with E-state index in [4.69, 9.17) is 10.5 Å². The second-order valence-electron chi connectivity index (χ2n) is 3.67. The van der Waals surface area contributed by atoms with E-state index in [0.717, 1.165) is 3.57 Å². The van der Waals surface area contributed by atoms with Crippen molar-refractivity contribution in [2.45, 2.75) is 0 Å². The van der Waals surface area contributed by atoms with Gasteiger partial charge in [0.15, 0.2) is 0 Å². The number of hydrogen-bond donors (Lipinski definition) is 1. The summed E-state index contributed by atoms with van der Waals surface area (Å²) in [5.41, 5.74) is 6.17. The number of halogens is 1. The molecule has 5 nitrogen and oxygen atoms in total. The van der Waals surface area contributed by atoms with Gasteiger partial charge in [-0.1, -0.05) is 0 Å². The highest BCUT2D eigenvalue weighted by molar-refractivity contribution is 14.1. The van der Waals surface area contributed by atoms with Crippen LogP contribution in [-0.4, -0.2) is 18.1 Å². The van der Waals surface area contributed by atoms with Crippen molar-refractivity contribution in [1.29, 1.82) is 0 Å². The fourth-order valence-corrected chi connectivity index (χ4v) is 1.78. The van der Waals surface area contributed by atoms with Crippen molar-refractivity contribution < 1.29 is 14.3 Å². The first kappa shape index (κ1) is 13.6. The van der Waals surface area contributed by atoms with E-state index < -0.39 is 5.97 Å². The van der Waals surface area contributed by atoms with Crippen LogP contribution in [0.15, 0.2) is 36.5 Å². The van der Waals surface area contributed by atoms with Crippen LogP contribution in [0.25, 0.3) is 0 Å². The summed E-state index contributed by atoms with van der Waals surface area (Å²) in [6, 6.07) is 8.85. The monoisotopic (exact) mass is 370 g/mol. The summed E-state index contributed by atoms with van der Waals surface area (Å²) < 4.78 is 11.3. The number of carbonyl (C=O) groups is 1. The highest BCUT2D eigenvalue weighted by Gasteiger charge is 2.15. The van der Waals surface area contributed by atoms with Gasteiger partial charge in [0, 0.05) is 3.57 Å². The van der Waals surface area contributed by atoms with Crippen molar-refractivity contribution in [3.8, 4) is 11.6 Å². The van der Waals surface area contributed by atoms with E-state index in [1.165, 1.54) is 19.4 Å². The fourth-order valence-electron chi connectivity index (χ4n) is 1.42. The fraction of sp³-hybridized carbons (Fsp3) is 0.0769. The Labute approximate surface area is 123 Å². The second kappa shape index (κ2) is 5.87. The molecule has 2 aromatic rings. The molecule has 0 atom stereocenters. The van der Waals surface area contributed by atoms with Crippen LogP contribution in [0.4, 0.5) is 5.69 Å². The average Bonchev–Trinajstić information content (AvgIpc) is 2.42. The Kier molecular flexibility index (Phi) is 4.20. The van der Waals surface area contributed by atoms with E-state index in [9.17, 15) is 4.79 Å². The summed E-state index contributed by atoms with van der Waals surface area (Å²) in [7, 11) is 1.29. The molecule has 0 aliphatic heterocycles. The summed E-state index contributed by atoms with van der Waals surface area (Å²) in [6.45, 7) is 0. The maximum Gasteiger partial charge on any atom is 0.343 e. The van der Waals surface area contributed by atoms with Crippen molar-refractivity contribution in [3.63, 3.8) is 0 Å². The molecular weight excluding hydrogens is 359 g/mol. The second-order valence-corrected chi connectivity index (χ2v) is 4.91. The van der Waals surface area contributed by atoms with Gasteiger partial charge in [0.25, 0.3) is 0 Å². The number of aromatic nitrogens is 1. The Morgan fingerprint density at radius 1 is 1.32 bits per heavy atom. The molecule has 0 aliphatic carbocycles. The van der Waals surface area contributed by atoms with Gasteiger partial charge in [0.2, 0.25) is 5.88 Å². The van der Waals surface area contributed by atoms with Crippen LogP contribution >= 0.6 is 22.6 Å². The SMILES string of the molecule is COC(=O)c1cc(N)cnc1Oc1ccc(I)cc1. The van der Waals surface area contributed by atoms with Crippen LogP contribution in [0, 0.1) is 3.57 Å². The number of esters is 1. The maximum absolute atomic E-state index is 11.6. The maximum atomic E-state index is 11.6. The minimum Gasteiger partial charge on any atom is -0.465 e. The number of ether oxygens (including phenoxy) is 2. The molecule has 0 amide bonds. The molecule has 98 valence electrons. The lowest BCUT2D eigenvalue weighted by Crippen LogP contribution is -2.06. The predicted octanol–water partition coefficient (Wildman–Crippen LogP) is 2.85. The predicted molar refractivity (Wildman–Crippen MR) is 79.2 cm³/mol. The lowest BCUT2D eigenvalue weighted by atomic mass is 10.2. The van der Waals surface area contributed by atoms with E-state index >= 15 is 0 Å². The van der Waals surface area contributed by atoms with Gasteiger partial charge in [-0.2, -0.15) is 0 Å². The summed E-state index contributed by atoms with van der Waals surface area (Å²) >= 11 is 2.19. The van der Waals surface area contributed by atoms with Gasteiger partial charge in [-0.3, -0.25) is 0 Å². The number of nitrogens with zero attached hydrogens (tertiary/aromatic N) is 1. The Morgan fingerprint density at radius 2 is 2.00 bits per heavy atom. The van der Waals surface area contributed by atoms with Crippen molar-refractivity contribution in [1.82, 2.24) is 4.98 Å². The van der Waals surface area contributed by atoms with Crippen LogP contribution < -0.4 is 10.5 Å². The largest absolute Gasteiger partial charge is 0.465 e. The van der Waals surface area contributed by atoms with Crippen LogP contribution in [0.2, 0.25) is 0 Å². The van der Waals surface area contributed by atoms with E-state index in [1.807, 2.05) is 12.1 Å². The number of pyridine rings is 1. The number of nitrogen functional groups attached to an aromatic ring is 1. The zero-order valence-corrected chi connectivity index (χ0v) is 12.2. The first-order valence-electron chi connectivity index (χ1n) is 5.37. The van der Waals surface area contributed by atoms with Gasteiger partial charge in [-0.05, 0) is 52.9 Å². The van der Waals surface area contributed by atoms with Crippen LogP contribution in [0.1, 0.15) is 10.4 Å². The summed E-state index contributed by atoms with van der Waals surface area (Å²) in [5, 5.41) is 0. The molecule has 1 aromatic carbocycles. The molecule has 6 heteroatoms. The van der Waals surface area contributed by atoms with Gasteiger partial charge < -0.3 is 15.2 Å². The molecule has 2 N–H and O–H groups in total. The molecule has 2 rings (SSSR count). The highest BCUT2D eigenvalue weighted by atomic mass is 127. The Hall–Kier alpha value is -1.83. The van der Waals surface area contributed by atoms with Gasteiger partial charge in [0.05, 0.1) is 19.0 Å². The zero-order chi connectivity index (χ0) is 13.8. The molecule has 0 bridgehead atoms. The molecule has 19 heavy (non-hydrogen) atoms. The number of hydrogen-bond acceptors (Lipinski definition) is 5. The van der Waals surface area contributed by atoms with Crippen molar-refractivity contribution >= 4 is 34.2 Å².